The van der Waals surface area contributed by atoms with E-state index in [-0.39, 0.29) is 30.6 Å². The largest absolute Gasteiger partial charge is 0.454 e. The van der Waals surface area contributed by atoms with E-state index in [0.29, 0.717) is 5.06 Å². The molecule has 0 aliphatic carbocycles. The highest BCUT2D eigenvalue weighted by Crippen LogP contribution is 2.25. The molecule has 0 aromatic rings. The van der Waals surface area contributed by atoms with Gasteiger partial charge >= 0.3 is 0 Å². The molecule has 0 saturated carbocycles. The molecule has 1 unspecified atom stereocenters. The number of hydroxylamine groups is 2. The minimum Gasteiger partial charge on any atom is -0.454 e. The quantitative estimate of drug-likeness (QED) is 0.447. The van der Waals surface area contributed by atoms with Crippen molar-refractivity contribution in [2.75, 3.05) is 13.3 Å². The second kappa shape index (κ2) is 2.44. The molecule has 6 heteroatoms. The molecule has 2 aliphatic rings. The summed E-state index contributed by atoms with van der Waals surface area (Å²) in [5.74, 6) is 0.363. The lowest BCUT2D eigenvalue weighted by Crippen LogP contribution is -2.42. The maximum atomic E-state index is 9.28. The Labute approximate surface area is 68.1 Å². The molecule has 66 valence electrons. The zero-order valence-corrected chi connectivity index (χ0v) is 6.15. The lowest BCUT2D eigenvalue weighted by molar-refractivity contribution is -0.184. The third kappa shape index (κ3) is 0.893. The van der Waals surface area contributed by atoms with Crippen molar-refractivity contribution in [3.63, 3.8) is 0 Å². The van der Waals surface area contributed by atoms with Gasteiger partial charge in [-0.15, -0.1) is 0 Å². The minimum absolute atomic E-state index is 0.00204. The van der Waals surface area contributed by atoms with Crippen molar-refractivity contribution in [3.05, 3.63) is 11.5 Å². The highest BCUT2D eigenvalue weighted by molar-refractivity contribution is 5.98. The van der Waals surface area contributed by atoms with Crippen LogP contribution in [0.4, 0.5) is 0 Å². The van der Waals surface area contributed by atoms with E-state index >= 15 is 0 Å². The Hall–Kier alpha value is -1.11. The van der Waals surface area contributed by atoms with Crippen LogP contribution in [0.15, 0.2) is 11.5 Å². The monoisotopic (exact) mass is 172 g/mol. The molecule has 12 heavy (non-hydrogen) atoms. The van der Waals surface area contributed by atoms with Gasteiger partial charge in [0.2, 0.25) is 6.79 Å². The number of hydrogen-bond donors (Lipinski definition) is 3. The summed E-state index contributed by atoms with van der Waals surface area (Å²) in [6, 6.07) is 0. The Balaban J connectivity index is 2.36. The Bertz CT molecular complexity index is 262. The van der Waals surface area contributed by atoms with Gasteiger partial charge in [-0.1, -0.05) is 0 Å². The molecular formula is C6H8N2O4. The van der Waals surface area contributed by atoms with Crippen LogP contribution in [0, 0.1) is 5.41 Å². The molecule has 0 radical (unpaired) electrons. The summed E-state index contributed by atoms with van der Waals surface area (Å²) in [5, 5.41) is 26.3. The summed E-state index contributed by atoms with van der Waals surface area (Å²) in [4.78, 5) is 0. The van der Waals surface area contributed by atoms with Gasteiger partial charge in [0.05, 0.1) is 12.3 Å². The van der Waals surface area contributed by atoms with Crippen LogP contribution >= 0.6 is 0 Å². The van der Waals surface area contributed by atoms with Crippen molar-refractivity contribution >= 4 is 5.71 Å². The van der Waals surface area contributed by atoms with Crippen molar-refractivity contribution in [1.29, 1.82) is 5.41 Å². The van der Waals surface area contributed by atoms with E-state index < -0.39 is 6.23 Å². The van der Waals surface area contributed by atoms with Crippen molar-refractivity contribution in [3.8, 4) is 0 Å². The molecule has 0 saturated heterocycles. The predicted octanol–water partition coefficient (Wildman–Crippen LogP) is -0.755. The van der Waals surface area contributed by atoms with E-state index in [1.807, 2.05) is 0 Å². The Kier molecular flexibility index (Phi) is 1.53. The van der Waals surface area contributed by atoms with Crippen molar-refractivity contribution in [2.45, 2.75) is 6.23 Å². The van der Waals surface area contributed by atoms with Gasteiger partial charge in [0.15, 0.2) is 17.7 Å². The molecule has 1 atom stereocenters. The standard InChI is InChI=1S/C6H8N2O4/c7-3-1-8(10)6(9)5-4(3)11-2-12-5/h6-7,9-10H,1-2H2. The highest BCUT2D eigenvalue weighted by atomic mass is 16.7. The second-order valence-corrected chi connectivity index (χ2v) is 2.55. The van der Waals surface area contributed by atoms with Crippen LogP contribution in [0.25, 0.3) is 0 Å². The lowest BCUT2D eigenvalue weighted by Gasteiger charge is -2.25. The molecule has 2 heterocycles. The van der Waals surface area contributed by atoms with Crippen LogP contribution in [-0.4, -0.2) is 40.7 Å². The molecule has 0 spiro atoms. The van der Waals surface area contributed by atoms with Crippen LogP contribution < -0.4 is 0 Å². The first kappa shape index (κ1) is 7.53. The fourth-order valence-corrected chi connectivity index (χ4v) is 1.17. The summed E-state index contributed by atoms with van der Waals surface area (Å²) in [6.45, 7) is -0.0543. The van der Waals surface area contributed by atoms with Crippen molar-refractivity contribution in [1.82, 2.24) is 5.06 Å². The molecule has 0 fully saturated rings. The summed E-state index contributed by atoms with van der Waals surface area (Å²) in [5.41, 5.74) is 0.107. The first-order valence-corrected chi connectivity index (χ1v) is 3.41. The third-order valence-corrected chi connectivity index (χ3v) is 1.75. The smallest absolute Gasteiger partial charge is 0.231 e. The molecule has 2 rings (SSSR count). The van der Waals surface area contributed by atoms with Gasteiger partial charge in [0.1, 0.15) is 0 Å². The fraction of sp³-hybridized carbons (Fsp3) is 0.500. The summed E-state index contributed by atoms with van der Waals surface area (Å²) in [6.07, 6.45) is -1.21. The summed E-state index contributed by atoms with van der Waals surface area (Å²) in [7, 11) is 0. The third-order valence-electron chi connectivity index (χ3n) is 1.75. The predicted molar refractivity (Wildman–Crippen MR) is 36.3 cm³/mol. The number of rotatable bonds is 0. The number of hydrogen-bond acceptors (Lipinski definition) is 6. The van der Waals surface area contributed by atoms with Crippen molar-refractivity contribution < 1.29 is 19.8 Å². The van der Waals surface area contributed by atoms with Crippen LogP contribution in [0.2, 0.25) is 0 Å². The van der Waals surface area contributed by atoms with E-state index in [1.54, 1.807) is 0 Å². The Morgan fingerprint density at radius 3 is 3.00 bits per heavy atom. The van der Waals surface area contributed by atoms with Gasteiger partial charge in [-0.2, -0.15) is 5.06 Å². The van der Waals surface area contributed by atoms with Crippen LogP contribution in [0.1, 0.15) is 0 Å². The van der Waals surface area contributed by atoms with E-state index in [1.165, 1.54) is 0 Å². The van der Waals surface area contributed by atoms with Gasteiger partial charge in [-0.3, -0.25) is 5.41 Å². The zero-order valence-electron chi connectivity index (χ0n) is 6.15. The summed E-state index contributed by atoms with van der Waals surface area (Å²) >= 11 is 0. The van der Waals surface area contributed by atoms with Gasteiger partial charge in [0.25, 0.3) is 0 Å². The molecule has 0 aromatic heterocycles. The first-order valence-electron chi connectivity index (χ1n) is 3.41. The van der Waals surface area contributed by atoms with Crippen LogP contribution in [0.3, 0.4) is 0 Å². The molecule has 3 N–H and O–H groups in total. The normalized spacial score (nSPS) is 29.8. The molecule has 6 nitrogen and oxygen atoms in total. The van der Waals surface area contributed by atoms with Gasteiger partial charge in [-0.25, -0.2) is 0 Å². The van der Waals surface area contributed by atoms with Gasteiger partial charge < -0.3 is 19.8 Å². The fourth-order valence-electron chi connectivity index (χ4n) is 1.17. The van der Waals surface area contributed by atoms with E-state index in [0.717, 1.165) is 0 Å². The van der Waals surface area contributed by atoms with Gasteiger partial charge in [-0.05, 0) is 0 Å². The highest BCUT2D eigenvalue weighted by Gasteiger charge is 2.36. The maximum absolute atomic E-state index is 9.28. The maximum Gasteiger partial charge on any atom is 0.231 e. The van der Waals surface area contributed by atoms with Crippen LogP contribution in [0.5, 0.6) is 0 Å². The number of nitrogens with zero attached hydrogens (tertiary/aromatic N) is 1. The minimum atomic E-state index is -1.21. The SMILES string of the molecule is N=C1CN(O)C(O)C2=C1OCO2. The Morgan fingerprint density at radius 1 is 1.50 bits per heavy atom. The first-order chi connectivity index (χ1) is 5.70. The van der Waals surface area contributed by atoms with Gasteiger partial charge in [0, 0.05) is 0 Å². The molecule has 0 aromatic carbocycles. The second-order valence-electron chi connectivity index (χ2n) is 2.55. The number of ether oxygens (including phenoxy) is 2. The average Bonchev–Trinajstić information content (AvgIpc) is 2.48. The van der Waals surface area contributed by atoms with Crippen LogP contribution in [-0.2, 0) is 9.47 Å². The van der Waals surface area contributed by atoms with E-state index in [4.69, 9.17) is 20.1 Å². The van der Waals surface area contributed by atoms with E-state index in [2.05, 4.69) is 0 Å². The molecule has 0 bridgehead atoms. The molecular weight excluding hydrogens is 164 g/mol. The lowest BCUT2D eigenvalue weighted by atomic mass is 10.2. The van der Waals surface area contributed by atoms with E-state index in [9.17, 15) is 5.11 Å². The number of aliphatic hydroxyl groups is 1. The number of aliphatic hydroxyl groups excluding tert-OH is 1. The molecule has 2 aliphatic heterocycles. The Morgan fingerprint density at radius 2 is 2.25 bits per heavy atom. The zero-order chi connectivity index (χ0) is 8.72. The molecule has 0 amide bonds. The topological polar surface area (TPSA) is 86.0 Å². The van der Waals surface area contributed by atoms with Crippen molar-refractivity contribution in [2.24, 2.45) is 0 Å². The summed E-state index contributed by atoms with van der Waals surface area (Å²) < 4.78 is 9.80. The average molecular weight is 172 g/mol. The number of nitrogens with one attached hydrogen (secondary N) is 1.